The van der Waals surface area contributed by atoms with Gasteiger partial charge in [0.25, 0.3) is 0 Å². The highest BCUT2D eigenvalue weighted by Gasteiger charge is 2.23. The fourth-order valence-electron chi connectivity index (χ4n) is 3.50. The quantitative estimate of drug-likeness (QED) is 0.237. The minimum absolute atomic E-state index is 0.166. The van der Waals surface area contributed by atoms with Crippen LogP contribution in [0.25, 0.3) is 11.1 Å². The molecule has 0 saturated heterocycles. The second-order valence-electron chi connectivity index (χ2n) is 7.83. The Morgan fingerprint density at radius 2 is 1.76 bits per heavy atom. The maximum absolute atomic E-state index is 12.8. The van der Waals surface area contributed by atoms with Crippen LogP contribution in [0.4, 0.5) is 5.00 Å². The molecule has 0 bridgehead atoms. The van der Waals surface area contributed by atoms with Gasteiger partial charge >= 0.3 is 5.97 Å². The van der Waals surface area contributed by atoms with Gasteiger partial charge in [-0.3, -0.25) is 4.79 Å². The van der Waals surface area contributed by atoms with Crippen LogP contribution in [0.5, 0.6) is 5.75 Å². The lowest BCUT2D eigenvalue weighted by atomic mass is 9.97. The van der Waals surface area contributed by atoms with Crippen molar-refractivity contribution in [3.05, 3.63) is 68.5 Å². The molecule has 1 aromatic heterocycles. The Labute approximate surface area is 207 Å². The van der Waals surface area contributed by atoms with Crippen LogP contribution in [0, 0.1) is 20.8 Å². The average molecular weight is 530 g/mol. The van der Waals surface area contributed by atoms with Gasteiger partial charge in [0.1, 0.15) is 16.3 Å². The van der Waals surface area contributed by atoms with E-state index in [4.69, 9.17) is 9.47 Å². The van der Waals surface area contributed by atoms with Crippen molar-refractivity contribution in [1.29, 1.82) is 0 Å². The number of carbonyl (C=O) groups excluding carboxylic acids is 2. The Kier molecular flexibility index (Phi) is 8.69. The minimum Gasteiger partial charge on any atom is -0.492 e. The van der Waals surface area contributed by atoms with Crippen LogP contribution < -0.4 is 10.1 Å². The predicted molar refractivity (Wildman–Crippen MR) is 137 cm³/mol. The van der Waals surface area contributed by atoms with Crippen LogP contribution >= 0.6 is 27.3 Å². The number of hydrogen-bond donors (Lipinski definition) is 1. The van der Waals surface area contributed by atoms with Crippen LogP contribution in [0.3, 0.4) is 0 Å². The summed E-state index contributed by atoms with van der Waals surface area (Å²) >= 11 is 4.83. The molecule has 0 spiro atoms. The second-order valence-corrected chi connectivity index (χ2v) is 9.56. The molecule has 2 aromatic carbocycles. The summed E-state index contributed by atoms with van der Waals surface area (Å²) in [5.41, 5.74) is 5.49. The van der Waals surface area contributed by atoms with Crippen LogP contribution in [0.1, 0.15) is 46.8 Å². The number of esters is 1. The molecule has 0 aliphatic heterocycles. The standard InChI is InChI=1S/C26H28BrNO4S/c1-5-31-26(30)24-20(19-10-8-16(2)13-18(19)4)15-33-25(24)28-23(29)7-6-12-32-22-11-9-17(3)14-21(22)27/h8-11,13-15H,5-7,12H2,1-4H3,(H,28,29). The summed E-state index contributed by atoms with van der Waals surface area (Å²) < 4.78 is 12.0. The number of nitrogens with one attached hydrogen (secondary N) is 1. The van der Waals surface area contributed by atoms with Gasteiger partial charge in [0, 0.05) is 17.4 Å². The molecule has 1 amide bonds. The number of aryl methyl sites for hydroxylation is 3. The second kappa shape index (κ2) is 11.5. The number of amides is 1. The predicted octanol–water partition coefficient (Wildman–Crippen LogP) is 7.08. The van der Waals surface area contributed by atoms with Crippen molar-refractivity contribution in [1.82, 2.24) is 0 Å². The zero-order valence-corrected chi connectivity index (χ0v) is 21.7. The Bertz CT molecular complexity index is 1160. The van der Waals surface area contributed by atoms with E-state index >= 15 is 0 Å². The summed E-state index contributed by atoms with van der Waals surface area (Å²) in [4.78, 5) is 25.4. The number of thiophene rings is 1. The van der Waals surface area contributed by atoms with E-state index in [9.17, 15) is 9.59 Å². The third-order valence-corrected chi connectivity index (χ3v) is 6.60. The van der Waals surface area contributed by atoms with E-state index in [1.54, 1.807) is 6.92 Å². The number of rotatable bonds is 9. The molecule has 3 rings (SSSR count). The van der Waals surface area contributed by atoms with Gasteiger partial charge in [-0.25, -0.2) is 4.79 Å². The number of hydrogen-bond acceptors (Lipinski definition) is 5. The van der Waals surface area contributed by atoms with Crippen molar-refractivity contribution < 1.29 is 19.1 Å². The highest BCUT2D eigenvalue weighted by molar-refractivity contribution is 9.10. The van der Waals surface area contributed by atoms with Gasteiger partial charge < -0.3 is 14.8 Å². The van der Waals surface area contributed by atoms with Gasteiger partial charge in [0.2, 0.25) is 5.91 Å². The van der Waals surface area contributed by atoms with Crippen molar-refractivity contribution >= 4 is 44.1 Å². The van der Waals surface area contributed by atoms with E-state index in [-0.39, 0.29) is 18.9 Å². The van der Waals surface area contributed by atoms with E-state index in [0.717, 1.165) is 38.0 Å². The van der Waals surface area contributed by atoms with Gasteiger partial charge in [-0.05, 0) is 78.9 Å². The summed E-state index contributed by atoms with van der Waals surface area (Å²) in [5, 5.41) is 5.31. The molecule has 5 nitrogen and oxygen atoms in total. The molecule has 3 aromatic rings. The number of benzene rings is 2. The van der Waals surface area contributed by atoms with Crippen molar-refractivity contribution in [2.75, 3.05) is 18.5 Å². The largest absolute Gasteiger partial charge is 0.492 e. The van der Waals surface area contributed by atoms with E-state index in [0.29, 0.717) is 23.6 Å². The maximum atomic E-state index is 12.8. The fourth-order valence-corrected chi connectivity index (χ4v) is 5.07. The molecule has 0 saturated carbocycles. The highest BCUT2D eigenvalue weighted by Crippen LogP contribution is 2.38. The first-order chi connectivity index (χ1) is 15.8. The molecule has 33 heavy (non-hydrogen) atoms. The normalized spacial score (nSPS) is 10.7. The molecule has 7 heteroatoms. The van der Waals surface area contributed by atoms with Crippen molar-refractivity contribution in [2.45, 2.75) is 40.5 Å². The summed E-state index contributed by atoms with van der Waals surface area (Å²) in [6.45, 7) is 8.51. The lowest BCUT2D eigenvalue weighted by Gasteiger charge is -2.11. The SMILES string of the molecule is CCOC(=O)c1c(-c2ccc(C)cc2C)csc1NC(=O)CCCOc1ccc(C)cc1Br. The first-order valence-electron chi connectivity index (χ1n) is 10.8. The molecule has 0 unspecified atom stereocenters. The van der Waals surface area contributed by atoms with Crippen LogP contribution in [0.2, 0.25) is 0 Å². The number of carbonyl (C=O) groups is 2. The molecule has 174 valence electrons. The van der Waals surface area contributed by atoms with Gasteiger partial charge in [-0.15, -0.1) is 11.3 Å². The van der Waals surface area contributed by atoms with Crippen molar-refractivity contribution in [3.63, 3.8) is 0 Å². The third kappa shape index (κ3) is 6.45. The number of halogens is 1. The molecule has 0 radical (unpaired) electrons. The summed E-state index contributed by atoms with van der Waals surface area (Å²) in [5.74, 6) is 0.152. The highest BCUT2D eigenvalue weighted by atomic mass is 79.9. The Morgan fingerprint density at radius 3 is 2.45 bits per heavy atom. The molecule has 0 atom stereocenters. The molecular formula is C26H28BrNO4S. The summed E-state index contributed by atoms with van der Waals surface area (Å²) in [7, 11) is 0. The molecule has 0 aliphatic rings. The zero-order valence-electron chi connectivity index (χ0n) is 19.3. The molecule has 1 N–H and O–H groups in total. The molecule has 0 fully saturated rings. The first-order valence-corrected chi connectivity index (χ1v) is 12.5. The molecule has 0 aliphatic carbocycles. The average Bonchev–Trinajstić information content (AvgIpc) is 3.15. The minimum atomic E-state index is -0.434. The van der Waals surface area contributed by atoms with E-state index < -0.39 is 5.97 Å². The fraction of sp³-hybridized carbons (Fsp3) is 0.308. The van der Waals surface area contributed by atoms with Gasteiger partial charge in [0.15, 0.2) is 0 Å². The van der Waals surface area contributed by atoms with E-state index in [2.05, 4.69) is 27.3 Å². The molecular weight excluding hydrogens is 502 g/mol. The van der Waals surface area contributed by atoms with Crippen LogP contribution in [-0.2, 0) is 9.53 Å². The van der Waals surface area contributed by atoms with Crippen LogP contribution in [-0.4, -0.2) is 25.1 Å². The van der Waals surface area contributed by atoms with Crippen molar-refractivity contribution in [2.24, 2.45) is 0 Å². The first kappa shape index (κ1) is 25.0. The monoisotopic (exact) mass is 529 g/mol. The third-order valence-electron chi connectivity index (χ3n) is 5.09. The smallest absolute Gasteiger partial charge is 0.341 e. The molecule has 1 heterocycles. The van der Waals surface area contributed by atoms with E-state index in [1.165, 1.54) is 11.3 Å². The summed E-state index contributed by atoms with van der Waals surface area (Å²) in [6, 6.07) is 12.0. The number of ether oxygens (including phenoxy) is 2. The van der Waals surface area contributed by atoms with Crippen LogP contribution in [0.15, 0.2) is 46.3 Å². The lowest BCUT2D eigenvalue weighted by molar-refractivity contribution is -0.116. The number of anilines is 1. The maximum Gasteiger partial charge on any atom is 0.341 e. The van der Waals surface area contributed by atoms with Gasteiger partial charge in [-0.1, -0.05) is 29.8 Å². The van der Waals surface area contributed by atoms with Crippen molar-refractivity contribution in [3.8, 4) is 16.9 Å². The Morgan fingerprint density at radius 1 is 1.03 bits per heavy atom. The summed E-state index contributed by atoms with van der Waals surface area (Å²) in [6.07, 6.45) is 0.832. The Hall–Kier alpha value is -2.64. The Balaban J connectivity index is 1.68. The van der Waals surface area contributed by atoms with Gasteiger partial charge in [0.05, 0.1) is 17.7 Å². The van der Waals surface area contributed by atoms with E-state index in [1.807, 2.05) is 56.5 Å². The zero-order chi connectivity index (χ0) is 24.0. The lowest BCUT2D eigenvalue weighted by Crippen LogP contribution is -2.15. The van der Waals surface area contributed by atoms with Gasteiger partial charge in [-0.2, -0.15) is 0 Å². The topological polar surface area (TPSA) is 64.6 Å².